The SMILES string of the molecule is CCC(Br)C1CCCCC1. The minimum Gasteiger partial charge on any atom is -0.0888 e. The first-order valence-corrected chi connectivity index (χ1v) is 5.40. The molecular weight excluding hydrogens is 188 g/mol. The zero-order valence-electron chi connectivity index (χ0n) is 6.78. The molecule has 0 saturated heterocycles. The van der Waals surface area contributed by atoms with Crippen LogP contribution >= 0.6 is 15.9 Å². The first-order valence-electron chi connectivity index (χ1n) is 4.48. The van der Waals surface area contributed by atoms with Crippen molar-refractivity contribution in [2.75, 3.05) is 0 Å². The molecule has 1 rings (SSSR count). The third-order valence-corrected chi connectivity index (χ3v) is 3.95. The van der Waals surface area contributed by atoms with Crippen LogP contribution in [0.15, 0.2) is 0 Å². The van der Waals surface area contributed by atoms with Crippen molar-refractivity contribution < 1.29 is 0 Å². The molecule has 0 aromatic carbocycles. The average Bonchev–Trinajstić information content (AvgIpc) is 2.05. The van der Waals surface area contributed by atoms with E-state index < -0.39 is 0 Å². The number of rotatable bonds is 2. The molecule has 10 heavy (non-hydrogen) atoms. The van der Waals surface area contributed by atoms with Crippen molar-refractivity contribution in [3.05, 3.63) is 0 Å². The molecule has 0 spiro atoms. The molecule has 0 radical (unpaired) electrons. The lowest BCUT2D eigenvalue weighted by Gasteiger charge is -2.25. The largest absolute Gasteiger partial charge is 0.0888 e. The minimum atomic E-state index is 0.799. The lowest BCUT2D eigenvalue weighted by Crippen LogP contribution is -2.16. The van der Waals surface area contributed by atoms with Gasteiger partial charge in [0.05, 0.1) is 0 Å². The van der Waals surface area contributed by atoms with Gasteiger partial charge in [0, 0.05) is 4.83 Å². The molecule has 60 valence electrons. The van der Waals surface area contributed by atoms with Crippen LogP contribution in [0, 0.1) is 5.92 Å². The second-order valence-electron chi connectivity index (χ2n) is 3.32. The zero-order chi connectivity index (χ0) is 7.40. The lowest BCUT2D eigenvalue weighted by atomic mass is 9.86. The second kappa shape index (κ2) is 4.38. The molecule has 1 aliphatic carbocycles. The molecule has 0 aliphatic heterocycles. The van der Waals surface area contributed by atoms with Crippen molar-refractivity contribution in [1.82, 2.24) is 0 Å². The van der Waals surface area contributed by atoms with Gasteiger partial charge in [-0.2, -0.15) is 0 Å². The van der Waals surface area contributed by atoms with Gasteiger partial charge in [-0.05, 0) is 25.2 Å². The molecule has 0 aromatic rings. The fourth-order valence-electron chi connectivity index (χ4n) is 1.83. The van der Waals surface area contributed by atoms with E-state index >= 15 is 0 Å². The predicted molar refractivity (Wildman–Crippen MR) is 49.6 cm³/mol. The van der Waals surface area contributed by atoms with Crippen LogP contribution in [0.5, 0.6) is 0 Å². The third kappa shape index (κ3) is 2.26. The summed E-state index contributed by atoms with van der Waals surface area (Å²) in [5.74, 6) is 0.985. The molecule has 0 aromatic heterocycles. The summed E-state index contributed by atoms with van der Waals surface area (Å²) >= 11 is 3.74. The van der Waals surface area contributed by atoms with Crippen molar-refractivity contribution in [1.29, 1.82) is 0 Å². The molecular formula is C9H17Br. The Morgan fingerprint density at radius 3 is 2.40 bits per heavy atom. The Hall–Kier alpha value is 0.480. The van der Waals surface area contributed by atoms with Crippen LogP contribution in [0.3, 0.4) is 0 Å². The van der Waals surface area contributed by atoms with Crippen LogP contribution in [0.2, 0.25) is 0 Å². The number of alkyl halides is 1. The van der Waals surface area contributed by atoms with E-state index in [0.29, 0.717) is 0 Å². The first kappa shape index (κ1) is 8.58. The monoisotopic (exact) mass is 204 g/mol. The molecule has 1 saturated carbocycles. The van der Waals surface area contributed by atoms with Crippen LogP contribution in [-0.4, -0.2) is 4.83 Å². The summed E-state index contributed by atoms with van der Waals surface area (Å²) in [5, 5.41) is 0. The molecule has 1 unspecified atom stereocenters. The molecule has 0 nitrogen and oxygen atoms in total. The van der Waals surface area contributed by atoms with Gasteiger partial charge in [-0.25, -0.2) is 0 Å². The van der Waals surface area contributed by atoms with E-state index in [1.165, 1.54) is 38.5 Å². The number of hydrogen-bond acceptors (Lipinski definition) is 0. The maximum Gasteiger partial charge on any atom is 0.0171 e. The summed E-state index contributed by atoms with van der Waals surface area (Å²) in [6.45, 7) is 2.27. The highest BCUT2D eigenvalue weighted by Gasteiger charge is 2.19. The predicted octanol–water partition coefficient (Wildman–Crippen LogP) is 3.74. The molecule has 1 atom stereocenters. The van der Waals surface area contributed by atoms with Crippen molar-refractivity contribution in [2.45, 2.75) is 50.3 Å². The van der Waals surface area contributed by atoms with Gasteiger partial charge >= 0.3 is 0 Å². The number of halogens is 1. The molecule has 1 fully saturated rings. The molecule has 0 heterocycles. The maximum absolute atomic E-state index is 3.74. The minimum absolute atomic E-state index is 0.799. The van der Waals surface area contributed by atoms with E-state index in [1.807, 2.05) is 0 Å². The first-order chi connectivity index (χ1) is 4.84. The molecule has 0 bridgehead atoms. The van der Waals surface area contributed by atoms with Gasteiger partial charge in [0.15, 0.2) is 0 Å². The highest BCUT2D eigenvalue weighted by atomic mass is 79.9. The quantitative estimate of drug-likeness (QED) is 0.602. The van der Waals surface area contributed by atoms with Crippen LogP contribution in [0.1, 0.15) is 45.4 Å². The van der Waals surface area contributed by atoms with E-state index in [1.54, 1.807) is 0 Å². The van der Waals surface area contributed by atoms with Crippen LogP contribution in [0.4, 0.5) is 0 Å². The van der Waals surface area contributed by atoms with Crippen LogP contribution in [-0.2, 0) is 0 Å². The Balaban J connectivity index is 2.24. The molecule has 1 aliphatic rings. The second-order valence-corrected chi connectivity index (χ2v) is 4.50. The van der Waals surface area contributed by atoms with Gasteiger partial charge in [-0.1, -0.05) is 42.1 Å². The summed E-state index contributed by atoms with van der Waals surface area (Å²) < 4.78 is 0. The van der Waals surface area contributed by atoms with E-state index in [0.717, 1.165) is 10.7 Å². The van der Waals surface area contributed by atoms with Gasteiger partial charge in [0.1, 0.15) is 0 Å². The highest BCUT2D eigenvalue weighted by molar-refractivity contribution is 9.09. The maximum atomic E-state index is 3.74. The normalized spacial score (nSPS) is 24.6. The van der Waals surface area contributed by atoms with Crippen molar-refractivity contribution >= 4 is 15.9 Å². The van der Waals surface area contributed by atoms with E-state index in [9.17, 15) is 0 Å². The van der Waals surface area contributed by atoms with Gasteiger partial charge in [0.25, 0.3) is 0 Å². The molecule has 0 N–H and O–H groups in total. The van der Waals surface area contributed by atoms with Crippen molar-refractivity contribution in [2.24, 2.45) is 5.92 Å². The van der Waals surface area contributed by atoms with Crippen LogP contribution in [0.25, 0.3) is 0 Å². The fourth-order valence-corrected chi connectivity index (χ4v) is 2.36. The highest BCUT2D eigenvalue weighted by Crippen LogP contribution is 2.31. The fraction of sp³-hybridized carbons (Fsp3) is 1.00. The number of hydrogen-bond donors (Lipinski definition) is 0. The summed E-state index contributed by atoms with van der Waals surface area (Å²) in [5.41, 5.74) is 0. The topological polar surface area (TPSA) is 0 Å². The Morgan fingerprint density at radius 2 is 1.90 bits per heavy atom. The van der Waals surface area contributed by atoms with E-state index in [2.05, 4.69) is 22.9 Å². The average molecular weight is 205 g/mol. The Morgan fingerprint density at radius 1 is 1.30 bits per heavy atom. The van der Waals surface area contributed by atoms with Gasteiger partial charge in [-0.15, -0.1) is 0 Å². The van der Waals surface area contributed by atoms with Gasteiger partial charge < -0.3 is 0 Å². The summed E-state index contributed by atoms with van der Waals surface area (Å²) in [6, 6.07) is 0. The standard InChI is InChI=1S/C9H17Br/c1-2-9(10)8-6-4-3-5-7-8/h8-9H,2-7H2,1H3. The van der Waals surface area contributed by atoms with Crippen LogP contribution < -0.4 is 0 Å². The Labute approximate surface area is 72.5 Å². The third-order valence-electron chi connectivity index (χ3n) is 2.55. The Bertz CT molecular complexity index is 84.7. The molecule has 0 amide bonds. The summed E-state index contributed by atoms with van der Waals surface area (Å²) in [4.78, 5) is 0.799. The van der Waals surface area contributed by atoms with Gasteiger partial charge in [-0.3, -0.25) is 0 Å². The van der Waals surface area contributed by atoms with Crippen molar-refractivity contribution in [3.8, 4) is 0 Å². The summed E-state index contributed by atoms with van der Waals surface area (Å²) in [6.07, 6.45) is 8.62. The van der Waals surface area contributed by atoms with E-state index in [4.69, 9.17) is 0 Å². The van der Waals surface area contributed by atoms with E-state index in [-0.39, 0.29) is 0 Å². The lowest BCUT2D eigenvalue weighted by molar-refractivity contribution is 0.348. The van der Waals surface area contributed by atoms with Gasteiger partial charge in [0.2, 0.25) is 0 Å². The Kier molecular flexibility index (Phi) is 3.75. The summed E-state index contributed by atoms with van der Waals surface area (Å²) in [7, 11) is 0. The van der Waals surface area contributed by atoms with Crippen molar-refractivity contribution in [3.63, 3.8) is 0 Å². The zero-order valence-corrected chi connectivity index (χ0v) is 8.36. The molecule has 1 heteroatoms. The smallest absolute Gasteiger partial charge is 0.0171 e.